The SMILES string of the molecule is Cc1cc(-n2ccnc2)ccc1/C(N)=N/O. The van der Waals surface area contributed by atoms with Gasteiger partial charge in [-0.3, -0.25) is 0 Å². The van der Waals surface area contributed by atoms with E-state index < -0.39 is 0 Å². The van der Waals surface area contributed by atoms with Crippen molar-refractivity contribution in [3.05, 3.63) is 48.0 Å². The second-order valence-electron chi connectivity index (χ2n) is 3.45. The van der Waals surface area contributed by atoms with Crippen molar-refractivity contribution in [3.63, 3.8) is 0 Å². The molecule has 0 saturated heterocycles. The minimum atomic E-state index is 0.120. The van der Waals surface area contributed by atoms with Gasteiger partial charge in [-0.15, -0.1) is 0 Å². The minimum Gasteiger partial charge on any atom is -0.409 e. The number of nitrogens with zero attached hydrogens (tertiary/aromatic N) is 3. The van der Waals surface area contributed by atoms with E-state index in [1.165, 1.54) is 0 Å². The summed E-state index contributed by atoms with van der Waals surface area (Å²) in [6.07, 6.45) is 5.29. The second-order valence-corrected chi connectivity index (χ2v) is 3.45. The lowest BCUT2D eigenvalue weighted by Gasteiger charge is -2.07. The van der Waals surface area contributed by atoms with E-state index in [1.807, 2.05) is 35.9 Å². The molecule has 82 valence electrons. The Balaban J connectivity index is 2.45. The molecule has 0 aliphatic rings. The minimum absolute atomic E-state index is 0.120. The van der Waals surface area contributed by atoms with Crippen LogP contribution in [0.2, 0.25) is 0 Å². The summed E-state index contributed by atoms with van der Waals surface area (Å²) in [6.45, 7) is 1.91. The van der Waals surface area contributed by atoms with Crippen LogP contribution in [0.15, 0.2) is 42.1 Å². The molecule has 0 aliphatic heterocycles. The summed E-state index contributed by atoms with van der Waals surface area (Å²) in [5, 5.41) is 11.6. The van der Waals surface area contributed by atoms with Gasteiger partial charge in [-0.05, 0) is 30.7 Å². The van der Waals surface area contributed by atoms with E-state index in [0.717, 1.165) is 16.8 Å². The van der Waals surface area contributed by atoms with Gasteiger partial charge in [0.2, 0.25) is 0 Å². The summed E-state index contributed by atoms with van der Waals surface area (Å²) in [4.78, 5) is 3.98. The molecule has 2 aromatic rings. The topological polar surface area (TPSA) is 76.4 Å². The maximum atomic E-state index is 8.61. The number of hydrogen-bond acceptors (Lipinski definition) is 3. The fraction of sp³-hybridized carbons (Fsp3) is 0.0909. The highest BCUT2D eigenvalue weighted by Crippen LogP contribution is 2.14. The first-order valence-electron chi connectivity index (χ1n) is 4.79. The van der Waals surface area contributed by atoms with Gasteiger partial charge in [-0.2, -0.15) is 0 Å². The Kier molecular flexibility index (Phi) is 2.59. The van der Waals surface area contributed by atoms with Crippen molar-refractivity contribution >= 4 is 5.84 Å². The third-order valence-electron chi connectivity index (χ3n) is 2.40. The van der Waals surface area contributed by atoms with Gasteiger partial charge in [-0.25, -0.2) is 4.98 Å². The third kappa shape index (κ3) is 1.75. The van der Waals surface area contributed by atoms with Crippen LogP contribution in [0.5, 0.6) is 0 Å². The Labute approximate surface area is 92.8 Å². The highest BCUT2D eigenvalue weighted by molar-refractivity contribution is 5.98. The van der Waals surface area contributed by atoms with Crippen molar-refractivity contribution in [2.45, 2.75) is 6.92 Å². The maximum Gasteiger partial charge on any atom is 0.170 e. The standard InChI is InChI=1S/C11H12N4O/c1-8-6-9(15-5-4-13-7-15)2-3-10(8)11(12)14-16/h2-7,16H,1H3,(H2,12,14). The van der Waals surface area contributed by atoms with Gasteiger partial charge in [-0.1, -0.05) is 5.16 Å². The first-order valence-corrected chi connectivity index (χ1v) is 4.79. The lowest BCUT2D eigenvalue weighted by molar-refractivity contribution is 0.318. The molecule has 2 rings (SSSR count). The predicted octanol–water partition coefficient (Wildman–Crippen LogP) is 1.28. The Hall–Kier alpha value is -2.30. The molecular weight excluding hydrogens is 204 g/mol. The molecule has 0 radical (unpaired) electrons. The average Bonchev–Trinajstić information content (AvgIpc) is 2.81. The molecule has 1 heterocycles. The molecular formula is C11H12N4O. The van der Waals surface area contributed by atoms with Gasteiger partial charge in [0.25, 0.3) is 0 Å². The summed E-state index contributed by atoms with van der Waals surface area (Å²) >= 11 is 0. The monoisotopic (exact) mass is 216 g/mol. The molecule has 0 aliphatic carbocycles. The zero-order chi connectivity index (χ0) is 11.5. The number of aryl methyl sites for hydroxylation is 1. The molecule has 1 aromatic carbocycles. The number of rotatable bonds is 2. The molecule has 5 nitrogen and oxygen atoms in total. The van der Waals surface area contributed by atoms with Crippen LogP contribution in [0.25, 0.3) is 5.69 Å². The molecule has 0 spiro atoms. The average molecular weight is 216 g/mol. The fourth-order valence-corrected chi connectivity index (χ4v) is 1.56. The van der Waals surface area contributed by atoms with Gasteiger partial charge >= 0.3 is 0 Å². The molecule has 0 fully saturated rings. The Morgan fingerprint density at radius 1 is 1.50 bits per heavy atom. The highest BCUT2D eigenvalue weighted by atomic mass is 16.4. The van der Waals surface area contributed by atoms with E-state index >= 15 is 0 Å². The predicted molar refractivity (Wildman–Crippen MR) is 60.8 cm³/mol. The summed E-state index contributed by atoms with van der Waals surface area (Å²) < 4.78 is 1.89. The molecule has 0 saturated carbocycles. The van der Waals surface area contributed by atoms with Crippen molar-refractivity contribution in [1.82, 2.24) is 9.55 Å². The summed E-state index contributed by atoms with van der Waals surface area (Å²) in [6, 6.07) is 5.66. The van der Waals surface area contributed by atoms with Crippen LogP contribution in [0.3, 0.4) is 0 Å². The van der Waals surface area contributed by atoms with Crippen molar-refractivity contribution in [1.29, 1.82) is 0 Å². The first-order chi connectivity index (χ1) is 7.72. The van der Waals surface area contributed by atoms with Crippen LogP contribution >= 0.6 is 0 Å². The number of amidine groups is 1. The molecule has 0 atom stereocenters. The van der Waals surface area contributed by atoms with Crippen LogP contribution in [0.4, 0.5) is 0 Å². The van der Waals surface area contributed by atoms with E-state index in [1.54, 1.807) is 12.5 Å². The number of benzene rings is 1. The van der Waals surface area contributed by atoms with Crippen molar-refractivity contribution in [3.8, 4) is 5.69 Å². The molecule has 0 amide bonds. The van der Waals surface area contributed by atoms with E-state index in [2.05, 4.69) is 10.1 Å². The van der Waals surface area contributed by atoms with Crippen molar-refractivity contribution in [2.75, 3.05) is 0 Å². The zero-order valence-electron chi connectivity index (χ0n) is 8.83. The fourth-order valence-electron chi connectivity index (χ4n) is 1.56. The molecule has 0 unspecified atom stereocenters. The molecule has 16 heavy (non-hydrogen) atoms. The quantitative estimate of drug-likeness (QED) is 0.343. The van der Waals surface area contributed by atoms with Gasteiger partial charge < -0.3 is 15.5 Å². The highest BCUT2D eigenvalue weighted by Gasteiger charge is 2.05. The summed E-state index contributed by atoms with van der Waals surface area (Å²) in [5.41, 5.74) is 8.21. The Bertz CT molecular complexity index is 517. The van der Waals surface area contributed by atoms with Gasteiger partial charge in [0, 0.05) is 23.6 Å². The lowest BCUT2D eigenvalue weighted by atomic mass is 10.1. The van der Waals surface area contributed by atoms with Crippen LogP contribution < -0.4 is 5.73 Å². The zero-order valence-corrected chi connectivity index (χ0v) is 8.83. The van der Waals surface area contributed by atoms with Crippen LogP contribution in [-0.2, 0) is 0 Å². The smallest absolute Gasteiger partial charge is 0.170 e. The summed E-state index contributed by atoms with van der Waals surface area (Å²) in [7, 11) is 0. The van der Waals surface area contributed by atoms with Gasteiger partial charge in [0.15, 0.2) is 5.84 Å². The molecule has 0 bridgehead atoms. The van der Waals surface area contributed by atoms with Gasteiger partial charge in [0.1, 0.15) is 0 Å². The van der Waals surface area contributed by atoms with Crippen molar-refractivity contribution < 1.29 is 5.21 Å². The third-order valence-corrected chi connectivity index (χ3v) is 2.40. The number of hydrogen-bond donors (Lipinski definition) is 2. The number of nitrogens with two attached hydrogens (primary N) is 1. The van der Waals surface area contributed by atoms with Crippen molar-refractivity contribution in [2.24, 2.45) is 10.9 Å². The summed E-state index contributed by atoms with van der Waals surface area (Å²) in [5.74, 6) is 0.120. The van der Waals surface area contributed by atoms with Crippen LogP contribution in [-0.4, -0.2) is 20.6 Å². The second kappa shape index (κ2) is 4.06. The molecule has 1 aromatic heterocycles. The largest absolute Gasteiger partial charge is 0.409 e. The molecule has 3 N–H and O–H groups in total. The number of aromatic nitrogens is 2. The van der Waals surface area contributed by atoms with E-state index in [0.29, 0.717) is 0 Å². The Morgan fingerprint density at radius 2 is 2.31 bits per heavy atom. The van der Waals surface area contributed by atoms with Crippen LogP contribution in [0.1, 0.15) is 11.1 Å². The maximum absolute atomic E-state index is 8.61. The molecule has 5 heteroatoms. The van der Waals surface area contributed by atoms with Gasteiger partial charge in [0.05, 0.1) is 6.33 Å². The van der Waals surface area contributed by atoms with E-state index in [9.17, 15) is 0 Å². The van der Waals surface area contributed by atoms with E-state index in [-0.39, 0.29) is 5.84 Å². The lowest BCUT2D eigenvalue weighted by Crippen LogP contribution is -2.14. The number of imidazole rings is 1. The Morgan fingerprint density at radius 3 is 2.88 bits per heavy atom. The van der Waals surface area contributed by atoms with E-state index in [4.69, 9.17) is 10.9 Å². The number of oxime groups is 1. The normalized spacial score (nSPS) is 11.7. The van der Waals surface area contributed by atoms with Crippen LogP contribution in [0, 0.1) is 6.92 Å². The first kappa shape index (κ1) is 10.2.